The molecule has 8 heteroatoms. The number of hydrogen-bond acceptors (Lipinski definition) is 5. The van der Waals surface area contributed by atoms with Crippen LogP contribution in [0.3, 0.4) is 0 Å². The number of phenols is 1. The predicted molar refractivity (Wildman–Crippen MR) is 71.8 cm³/mol. The fourth-order valence-electron chi connectivity index (χ4n) is 1.55. The van der Waals surface area contributed by atoms with Gasteiger partial charge in [-0.25, -0.2) is 13.1 Å². The summed E-state index contributed by atoms with van der Waals surface area (Å²) in [4.78, 5) is 13.1. The lowest BCUT2D eigenvalue weighted by atomic mass is 10.2. The van der Waals surface area contributed by atoms with Gasteiger partial charge in [0.2, 0.25) is 0 Å². The van der Waals surface area contributed by atoms with E-state index in [-0.39, 0.29) is 16.5 Å². The normalized spacial score (nSPS) is 11.6. The molecule has 0 aliphatic heterocycles. The fraction of sp³-hybridized carbons (Fsp3) is 0.182. The molecule has 3 N–H and O–H groups in total. The van der Waals surface area contributed by atoms with Crippen molar-refractivity contribution in [1.29, 1.82) is 0 Å². The highest BCUT2D eigenvalue weighted by Crippen LogP contribution is 2.18. The van der Waals surface area contributed by atoms with Crippen molar-refractivity contribution in [3.63, 3.8) is 0 Å². The summed E-state index contributed by atoms with van der Waals surface area (Å²) in [6.07, 6.45) is 0. The average Bonchev–Trinajstić information content (AvgIpc) is 2.68. The van der Waals surface area contributed by atoms with Crippen molar-refractivity contribution in [2.75, 3.05) is 0 Å². The Bertz CT molecular complexity index is 746. The minimum absolute atomic E-state index is 0.0178. The maximum absolute atomic E-state index is 12.0. The monoisotopic (exact) mass is 300 g/mol. The van der Waals surface area contributed by atoms with Crippen LogP contribution in [0.25, 0.3) is 0 Å². The molecule has 0 unspecified atom stereocenters. The van der Waals surface area contributed by atoms with Gasteiger partial charge in [0.05, 0.1) is 0 Å². The zero-order valence-electron chi connectivity index (χ0n) is 10.0. The summed E-state index contributed by atoms with van der Waals surface area (Å²) < 4.78 is 26.3. The van der Waals surface area contributed by atoms with E-state index in [0.717, 1.165) is 0 Å². The first kappa shape index (κ1) is 13.8. The van der Waals surface area contributed by atoms with Gasteiger partial charge in [-0.15, -0.1) is 0 Å². The molecule has 0 aliphatic carbocycles. The van der Waals surface area contributed by atoms with Gasteiger partial charge in [-0.2, -0.15) is 0 Å². The SMILES string of the molecule is Cc1[nH]c(=O)sc1S(=O)(=O)NCc1ccccc1O. The molecular formula is C11H12N2O4S2. The molecule has 1 aromatic carbocycles. The van der Waals surface area contributed by atoms with Gasteiger partial charge in [0.25, 0.3) is 10.0 Å². The first-order valence-corrected chi connectivity index (χ1v) is 7.66. The summed E-state index contributed by atoms with van der Waals surface area (Å²) in [5.41, 5.74) is 0.770. The van der Waals surface area contributed by atoms with Crippen molar-refractivity contribution in [3.8, 4) is 5.75 Å². The maximum atomic E-state index is 12.0. The van der Waals surface area contributed by atoms with Crippen LogP contribution in [0, 0.1) is 6.92 Å². The van der Waals surface area contributed by atoms with Gasteiger partial charge in [-0.3, -0.25) is 4.79 Å². The number of nitrogens with one attached hydrogen (secondary N) is 2. The smallest absolute Gasteiger partial charge is 0.305 e. The quantitative estimate of drug-likeness (QED) is 0.782. The molecule has 102 valence electrons. The largest absolute Gasteiger partial charge is 0.508 e. The standard InChI is InChI=1S/C11H12N2O4S2/c1-7-10(18-11(15)13-7)19(16,17)12-6-8-4-2-3-5-9(8)14/h2-5,12,14H,6H2,1H3,(H,13,15). The zero-order chi connectivity index (χ0) is 14.0. The predicted octanol–water partition coefficient (Wildman–Crippen LogP) is 0.929. The van der Waals surface area contributed by atoms with E-state index in [9.17, 15) is 18.3 Å². The first-order valence-electron chi connectivity index (χ1n) is 5.36. The minimum Gasteiger partial charge on any atom is -0.508 e. The molecule has 0 atom stereocenters. The Balaban J connectivity index is 2.22. The number of rotatable bonds is 4. The van der Waals surface area contributed by atoms with Crippen LogP contribution in [-0.4, -0.2) is 18.5 Å². The summed E-state index contributed by atoms with van der Waals surface area (Å²) in [6.45, 7) is 1.48. The maximum Gasteiger partial charge on any atom is 0.305 e. The second-order valence-corrected chi connectivity index (χ2v) is 6.83. The van der Waals surface area contributed by atoms with Crippen LogP contribution >= 0.6 is 11.3 Å². The molecule has 2 rings (SSSR count). The number of thiazole rings is 1. The molecular weight excluding hydrogens is 288 g/mol. The Kier molecular flexibility index (Phi) is 3.74. The molecule has 0 fully saturated rings. The van der Waals surface area contributed by atoms with Crippen molar-refractivity contribution in [2.45, 2.75) is 17.7 Å². The minimum atomic E-state index is -3.76. The van der Waals surface area contributed by atoms with Gasteiger partial charge in [0.15, 0.2) is 4.21 Å². The van der Waals surface area contributed by atoms with Gasteiger partial charge in [-0.05, 0) is 13.0 Å². The second kappa shape index (κ2) is 5.16. The molecule has 1 heterocycles. The molecule has 0 amide bonds. The topological polar surface area (TPSA) is 99.3 Å². The van der Waals surface area contributed by atoms with Gasteiger partial charge >= 0.3 is 4.87 Å². The van der Waals surface area contributed by atoms with Crippen LogP contribution in [0.1, 0.15) is 11.3 Å². The number of benzene rings is 1. The van der Waals surface area contributed by atoms with E-state index in [1.807, 2.05) is 0 Å². The summed E-state index contributed by atoms with van der Waals surface area (Å²) in [6, 6.07) is 6.44. The molecule has 0 spiro atoms. The molecule has 0 saturated carbocycles. The van der Waals surface area contributed by atoms with E-state index in [1.165, 1.54) is 13.0 Å². The van der Waals surface area contributed by atoms with Gasteiger partial charge in [0, 0.05) is 17.8 Å². The number of phenolic OH excluding ortho intramolecular Hbond substituents is 1. The Morgan fingerprint density at radius 1 is 1.37 bits per heavy atom. The van der Waals surface area contributed by atoms with Crippen LogP contribution in [0.2, 0.25) is 0 Å². The van der Waals surface area contributed by atoms with Crippen LogP contribution < -0.4 is 9.60 Å². The van der Waals surface area contributed by atoms with Crippen LogP contribution in [-0.2, 0) is 16.6 Å². The van der Waals surface area contributed by atoms with Crippen LogP contribution in [0.15, 0.2) is 33.3 Å². The lowest BCUT2D eigenvalue weighted by Gasteiger charge is -2.06. The van der Waals surface area contributed by atoms with E-state index >= 15 is 0 Å². The summed E-state index contributed by atoms with van der Waals surface area (Å²) in [7, 11) is -3.76. The Morgan fingerprint density at radius 2 is 2.05 bits per heavy atom. The number of H-pyrrole nitrogens is 1. The van der Waals surface area contributed by atoms with E-state index in [0.29, 0.717) is 22.6 Å². The van der Waals surface area contributed by atoms with E-state index < -0.39 is 14.9 Å². The van der Waals surface area contributed by atoms with Crippen molar-refractivity contribution in [1.82, 2.24) is 9.71 Å². The van der Waals surface area contributed by atoms with Crippen molar-refractivity contribution in [2.24, 2.45) is 0 Å². The Morgan fingerprint density at radius 3 is 2.63 bits per heavy atom. The number of aromatic amines is 1. The number of aryl methyl sites for hydroxylation is 1. The van der Waals surface area contributed by atoms with Crippen LogP contribution in [0.4, 0.5) is 0 Å². The van der Waals surface area contributed by atoms with Gasteiger partial charge < -0.3 is 10.1 Å². The molecule has 0 radical (unpaired) electrons. The van der Waals surface area contributed by atoms with Crippen LogP contribution in [0.5, 0.6) is 5.75 Å². The highest BCUT2D eigenvalue weighted by Gasteiger charge is 2.20. The van der Waals surface area contributed by atoms with E-state index in [4.69, 9.17) is 0 Å². The number of aromatic hydroxyl groups is 1. The van der Waals surface area contributed by atoms with E-state index in [2.05, 4.69) is 9.71 Å². The summed E-state index contributed by atoms with van der Waals surface area (Å²) in [5.74, 6) is 0.0178. The number of para-hydroxylation sites is 1. The number of sulfonamides is 1. The van der Waals surface area contributed by atoms with Gasteiger partial charge in [0.1, 0.15) is 5.75 Å². The highest BCUT2D eigenvalue weighted by molar-refractivity contribution is 7.91. The van der Waals surface area contributed by atoms with Crippen molar-refractivity contribution < 1.29 is 13.5 Å². The summed E-state index contributed by atoms with van der Waals surface area (Å²) >= 11 is 0.637. The van der Waals surface area contributed by atoms with Crippen molar-refractivity contribution >= 4 is 21.4 Å². The lowest BCUT2D eigenvalue weighted by Crippen LogP contribution is -2.23. The second-order valence-electron chi connectivity index (χ2n) is 3.88. The number of hydrogen-bond donors (Lipinski definition) is 3. The third-order valence-corrected chi connectivity index (χ3v) is 5.48. The van der Waals surface area contributed by atoms with Crippen molar-refractivity contribution in [3.05, 3.63) is 45.2 Å². The first-order chi connectivity index (χ1) is 8.90. The molecule has 6 nitrogen and oxygen atoms in total. The zero-order valence-corrected chi connectivity index (χ0v) is 11.6. The number of aromatic nitrogens is 1. The molecule has 1 aromatic heterocycles. The fourth-order valence-corrected chi connectivity index (χ4v) is 3.90. The lowest BCUT2D eigenvalue weighted by molar-refractivity contribution is 0.467. The molecule has 0 saturated heterocycles. The average molecular weight is 300 g/mol. The molecule has 19 heavy (non-hydrogen) atoms. The third-order valence-electron chi connectivity index (χ3n) is 2.47. The highest BCUT2D eigenvalue weighted by atomic mass is 32.2. The molecule has 0 bridgehead atoms. The van der Waals surface area contributed by atoms with E-state index in [1.54, 1.807) is 18.2 Å². The molecule has 0 aliphatic rings. The Labute approximate surface area is 113 Å². The van der Waals surface area contributed by atoms with Gasteiger partial charge in [-0.1, -0.05) is 29.5 Å². The third kappa shape index (κ3) is 3.03. The Hall–Kier alpha value is -1.64. The summed E-state index contributed by atoms with van der Waals surface area (Å²) in [5, 5.41) is 9.55. The molecule has 2 aromatic rings.